The molecule has 2 aromatic heterocycles. The van der Waals surface area contributed by atoms with Crippen LogP contribution in [0.2, 0.25) is 0 Å². The van der Waals surface area contributed by atoms with Gasteiger partial charge in [-0.25, -0.2) is 9.78 Å². The van der Waals surface area contributed by atoms with Crippen molar-refractivity contribution in [1.82, 2.24) is 4.98 Å². The first kappa shape index (κ1) is 23.9. The Morgan fingerprint density at radius 3 is 2.57 bits per heavy atom. The van der Waals surface area contributed by atoms with E-state index in [0.717, 1.165) is 16.9 Å². The van der Waals surface area contributed by atoms with E-state index in [4.69, 9.17) is 20.2 Å². The number of fused-ring (bicyclic) bond motifs is 1. The molecule has 0 saturated carbocycles. The summed E-state index contributed by atoms with van der Waals surface area (Å²) in [7, 11) is 1.58. The second-order valence-electron chi connectivity index (χ2n) is 7.60. The number of pyridine rings is 1. The van der Waals surface area contributed by atoms with E-state index in [1.165, 1.54) is 0 Å². The van der Waals surface area contributed by atoms with Crippen molar-refractivity contribution in [3.63, 3.8) is 0 Å². The van der Waals surface area contributed by atoms with Crippen LogP contribution in [-0.2, 0) is 4.74 Å². The van der Waals surface area contributed by atoms with Gasteiger partial charge >= 0.3 is 5.97 Å². The lowest BCUT2D eigenvalue weighted by atomic mass is 10.0. The highest BCUT2D eigenvalue weighted by Gasteiger charge is 2.26. The second-order valence-corrected chi connectivity index (χ2v) is 8.62. The third kappa shape index (κ3) is 4.71. The molecule has 0 atom stereocenters. The van der Waals surface area contributed by atoms with Crippen molar-refractivity contribution >= 4 is 45.0 Å². The molecule has 4 rings (SSSR count). The largest absolute Gasteiger partial charge is 0.497 e. The molecule has 0 radical (unpaired) electrons. The molecule has 0 aliphatic rings. The minimum Gasteiger partial charge on any atom is -0.497 e. The fraction of sp³-hybridized carbons (Fsp3) is 0.154. The van der Waals surface area contributed by atoms with E-state index in [1.54, 1.807) is 33.1 Å². The van der Waals surface area contributed by atoms with Gasteiger partial charge in [0, 0.05) is 10.9 Å². The van der Waals surface area contributed by atoms with Gasteiger partial charge in [-0.1, -0.05) is 30.3 Å². The van der Waals surface area contributed by atoms with E-state index in [9.17, 15) is 14.4 Å². The minimum absolute atomic E-state index is 0.116. The number of nitrogens with zero attached hydrogens (tertiary/aromatic N) is 1. The average Bonchev–Trinajstić information content (AvgIpc) is 3.19. The SMILES string of the molecule is CCOC(=O)c1c(NC(=O)c2cc(-c3cccc(OC)c3)nc3ccccc23)sc(C(N)=O)c1C. The number of hydrogen-bond donors (Lipinski definition) is 2. The molecule has 35 heavy (non-hydrogen) atoms. The van der Waals surface area contributed by atoms with E-state index in [2.05, 4.69) is 5.32 Å². The number of para-hydroxylation sites is 1. The molecule has 0 unspecified atom stereocenters. The molecule has 178 valence electrons. The van der Waals surface area contributed by atoms with E-state index in [0.29, 0.717) is 33.5 Å². The van der Waals surface area contributed by atoms with Gasteiger partial charge in [0.25, 0.3) is 11.8 Å². The Bertz CT molecular complexity index is 1460. The predicted molar refractivity (Wildman–Crippen MR) is 135 cm³/mol. The molecule has 0 aliphatic heterocycles. The molecule has 8 nitrogen and oxygen atoms in total. The van der Waals surface area contributed by atoms with Gasteiger partial charge in [0.15, 0.2) is 0 Å². The van der Waals surface area contributed by atoms with Crippen molar-refractivity contribution in [3.8, 4) is 17.0 Å². The Kier molecular flexibility index (Phi) is 6.79. The van der Waals surface area contributed by atoms with E-state index in [-0.39, 0.29) is 22.0 Å². The summed E-state index contributed by atoms with van der Waals surface area (Å²) in [5.41, 5.74) is 8.31. The number of hydrogen-bond acceptors (Lipinski definition) is 7. The number of rotatable bonds is 7. The molecular formula is C26H23N3O5S. The lowest BCUT2D eigenvalue weighted by molar-refractivity contribution is 0.0527. The summed E-state index contributed by atoms with van der Waals surface area (Å²) in [5.74, 6) is -1.12. The maximum absolute atomic E-state index is 13.5. The number of nitrogens with two attached hydrogens (primary N) is 1. The summed E-state index contributed by atoms with van der Waals surface area (Å²) in [4.78, 5) is 42.9. The maximum Gasteiger partial charge on any atom is 0.341 e. The van der Waals surface area contributed by atoms with Crippen LogP contribution >= 0.6 is 11.3 Å². The quantitative estimate of drug-likeness (QED) is 0.360. The lowest BCUT2D eigenvalue weighted by Crippen LogP contribution is -2.16. The number of primary amides is 1. The highest BCUT2D eigenvalue weighted by atomic mass is 32.1. The number of anilines is 1. The second kappa shape index (κ2) is 9.94. The molecule has 0 fully saturated rings. The van der Waals surface area contributed by atoms with Crippen LogP contribution in [0.5, 0.6) is 5.75 Å². The maximum atomic E-state index is 13.5. The molecule has 2 heterocycles. The normalized spacial score (nSPS) is 10.7. The highest BCUT2D eigenvalue weighted by molar-refractivity contribution is 7.18. The van der Waals surface area contributed by atoms with Crippen molar-refractivity contribution in [3.05, 3.63) is 76.2 Å². The van der Waals surface area contributed by atoms with Crippen LogP contribution in [0.15, 0.2) is 54.6 Å². The molecular weight excluding hydrogens is 466 g/mol. The number of ether oxygens (including phenoxy) is 2. The number of nitrogens with one attached hydrogen (secondary N) is 1. The lowest BCUT2D eigenvalue weighted by Gasteiger charge is -2.11. The number of amides is 2. The van der Waals surface area contributed by atoms with Gasteiger partial charge in [-0.2, -0.15) is 0 Å². The van der Waals surface area contributed by atoms with Gasteiger partial charge in [-0.05, 0) is 43.7 Å². The Morgan fingerprint density at radius 1 is 1.09 bits per heavy atom. The van der Waals surface area contributed by atoms with Crippen molar-refractivity contribution in [2.45, 2.75) is 13.8 Å². The van der Waals surface area contributed by atoms with Crippen LogP contribution in [0.1, 0.15) is 42.9 Å². The van der Waals surface area contributed by atoms with Crippen LogP contribution in [0.25, 0.3) is 22.2 Å². The number of carbonyl (C=O) groups is 3. The molecule has 2 amide bonds. The molecule has 2 aromatic carbocycles. The fourth-order valence-electron chi connectivity index (χ4n) is 3.75. The Hall–Kier alpha value is -4.24. The first-order valence-corrected chi connectivity index (χ1v) is 11.6. The van der Waals surface area contributed by atoms with Crippen molar-refractivity contribution < 1.29 is 23.9 Å². The molecule has 9 heteroatoms. The van der Waals surface area contributed by atoms with Gasteiger partial charge in [-0.15, -0.1) is 11.3 Å². The molecule has 0 spiro atoms. The summed E-state index contributed by atoms with van der Waals surface area (Å²) in [6, 6.07) is 16.3. The van der Waals surface area contributed by atoms with Crippen molar-refractivity contribution in [2.75, 3.05) is 19.0 Å². The van der Waals surface area contributed by atoms with Crippen LogP contribution < -0.4 is 15.8 Å². The number of methoxy groups -OCH3 is 1. The molecule has 0 saturated heterocycles. The highest BCUT2D eigenvalue weighted by Crippen LogP contribution is 2.35. The molecule has 3 N–H and O–H groups in total. The number of carbonyl (C=O) groups excluding carboxylic acids is 3. The Balaban J connectivity index is 1.82. The summed E-state index contributed by atoms with van der Waals surface area (Å²) in [6.07, 6.45) is 0. The summed E-state index contributed by atoms with van der Waals surface area (Å²) < 4.78 is 10.5. The van der Waals surface area contributed by atoms with Gasteiger partial charge < -0.3 is 20.5 Å². The molecule has 0 bridgehead atoms. The van der Waals surface area contributed by atoms with E-state index in [1.807, 2.05) is 42.5 Å². The standard InChI is InChI=1S/C26H23N3O5S/c1-4-34-26(32)21-14(2)22(23(27)30)35-25(21)29-24(31)18-13-20(15-8-7-9-16(12-15)33-3)28-19-11-6-5-10-17(18)19/h5-13H,4H2,1-3H3,(H2,27,30)(H,29,31). The van der Waals surface area contributed by atoms with Crippen molar-refractivity contribution in [1.29, 1.82) is 0 Å². The van der Waals surface area contributed by atoms with Crippen LogP contribution in [0, 0.1) is 6.92 Å². The third-order valence-electron chi connectivity index (χ3n) is 5.40. The van der Waals surface area contributed by atoms with Crippen LogP contribution in [-0.4, -0.2) is 36.5 Å². The Labute approximate surface area is 205 Å². The minimum atomic E-state index is -0.687. The summed E-state index contributed by atoms with van der Waals surface area (Å²) in [5, 5.41) is 3.63. The van der Waals surface area contributed by atoms with Gasteiger partial charge in [0.2, 0.25) is 0 Å². The number of aromatic nitrogens is 1. The van der Waals surface area contributed by atoms with Gasteiger partial charge in [-0.3, -0.25) is 9.59 Å². The van der Waals surface area contributed by atoms with Crippen LogP contribution in [0.3, 0.4) is 0 Å². The fourth-order valence-corrected chi connectivity index (χ4v) is 4.79. The van der Waals surface area contributed by atoms with Crippen LogP contribution in [0.4, 0.5) is 5.00 Å². The van der Waals surface area contributed by atoms with Gasteiger partial charge in [0.05, 0.1) is 40.9 Å². The third-order valence-corrected chi connectivity index (χ3v) is 6.63. The first-order valence-electron chi connectivity index (χ1n) is 10.8. The summed E-state index contributed by atoms with van der Waals surface area (Å²) >= 11 is 0.943. The number of thiophene rings is 1. The average molecular weight is 490 g/mol. The van der Waals surface area contributed by atoms with E-state index < -0.39 is 17.8 Å². The molecule has 0 aliphatic carbocycles. The summed E-state index contributed by atoms with van der Waals surface area (Å²) in [6.45, 7) is 3.42. The van der Waals surface area contributed by atoms with E-state index >= 15 is 0 Å². The number of benzene rings is 2. The predicted octanol–water partition coefficient (Wildman–Crippen LogP) is 4.81. The Morgan fingerprint density at radius 2 is 1.86 bits per heavy atom. The molecule has 4 aromatic rings. The first-order chi connectivity index (χ1) is 16.8. The smallest absolute Gasteiger partial charge is 0.341 e. The topological polar surface area (TPSA) is 121 Å². The zero-order valence-corrected chi connectivity index (χ0v) is 20.2. The van der Waals surface area contributed by atoms with Crippen molar-refractivity contribution in [2.24, 2.45) is 5.73 Å². The van der Waals surface area contributed by atoms with Gasteiger partial charge in [0.1, 0.15) is 10.8 Å². The monoisotopic (exact) mass is 489 g/mol. The zero-order valence-electron chi connectivity index (χ0n) is 19.4. The number of esters is 1. The zero-order chi connectivity index (χ0) is 25.1.